The van der Waals surface area contributed by atoms with Crippen molar-refractivity contribution in [3.63, 3.8) is 0 Å². The van der Waals surface area contributed by atoms with Crippen LogP contribution in [0.5, 0.6) is 5.88 Å². The van der Waals surface area contributed by atoms with Crippen LogP contribution in [0.25, 0.3) is 11.4 Å². The molecule has 0 radical (unpaired) electrons. The number of ether oxygens (including phenoxy) is 1. The van der Waals surface area contributed by atoms with Gasteiger partial charge in [-0.25, -0.2) is 15.0 Å². The Morgan fingerprint density at radius 2 is 2.03 bits per heavy atom. The molecule has 1 saturated carbocycles. The topological polar surface area (TPSA) is 92.0 Å². The van der Waals surface area contributed by atoms with Crippen molar-refractivity contribution in [1.82, 2.24) is 19.9 Å². The van der Waals surface area contributed by atoms with Gasteiger partial charge in [-0.05, 0) is 55.5 Å². The van der Waals surface area contributed by atoms with Crippen LogP contribution < -0.4 is 4.74 Å². The number of fused-ring (bicyclic) bond motifs is 1. The average molecular weight is 446 g/mol. The first kappa shape index (κ1) is 20.4. The summed E-state index contributed by atoms with van der Waals surface area (Å²) in [6.07, 6.45) is 7.75. The van der Waals surface area contributed by atoms with Crippen molar-refractivity contribution in [1.29, 1.82) is 5.26 Å². The van der Waals surface area contributed by atoms with Crippen molar-refractivity contribution in [3.05, 3.63) is 71.1 Å². The zero-order valence-electron chi connectivity index (χ0n) is 17.2. The molecule has 32 heavy (non-hydrogen) atoms. The van der Waals surface area contributed by atoms with Crippen molar-refractivity contribution in [2.45, 2.75) is 31.3 Å². The molecule has 8 heteroatoms. The number of rotatable bonds is 5. The Morgan fingerprint density at radius 1 is 1.19 bits per heavy atom. The summed E-state index contributed by atoms with van der Waals surface area (Å²) in [7, 11) is 0. The minimum Gasteiger partial charge on any atom is -0.475 e. The van der Waals surface area contributed by atoms with E-state index in [1.54, 1.807) is 48.8 Å². The fraction of sp³-hybridized carbons (Fsp3) is 0.292. The van der Waals surface area contributed by atoms with Crippen LogP contribution in [0.3, 0.4) is 0 Å². The highest BCUT2D eigenvalue weighted by atomic mass is 35.5. The molecule has 0 N–H and O–H groups in total. The van der Waals surface area contributed by atoms with E-state index in [0.29, 0.717) is 45.9 Å². The van der Waals surface area contributed by atoms with E-state index in [1.807, 2.05) is 4.90 Å². The number of nitrogens with zero attached hydrogens (tertiary/aromatic N) is 5. The van der Waals surface area contributed by atoms with E-state index in [9.17, 15) is 10.1 Å². The van der Waals surface area contributed by atoms with Crippen LogP contribution in [-0.4, -0.2) is 44.4 Å². The number of aromatic nitrogens is 3. The predicted octanol–water partition coefficient (Wildman–Crippen LogP) is 4.14. The summed E-state index contributed by atoms with van der Waals surface area (Å²) in [6.45, 7) is 0.346. The molecule has 160 valence electrons. The number of halogens is 1. The average Bonchev–Trinajstić information content (AvgIpc) is 3.63. The van der Waals surface area contributed by atoms with Crippen LogP contribution in [0.1, 0.15) is 35.2 Å². The largest absolute Gasteiger partial charge is 0.475 e. The number of likely N-dealkylation sites (tertiary alicyclic amines) is 1. The number of carbonyl (C=O) groups is 1. The lowest BCUT2D eigenvalue weighted by Crippen LogP contribution is -2.48. The lowest BCUT2D eigenvalue weighted by atomic mass is 9.98. The number of hydrogen-bond acceptors (Lipinski definition) is 6. The van der Waals surface area contributed by atoms with Gasteiger partial charge in [-0.15, -0.1) is 0 Å². The molecular weight excluding hydrogens is 426 g/mol. The lowest BCUT2D eigenvalue weighted by Gasteiger charge is -2.36. The summed E-state index contributed by atoms with van der Waals surface area (Å²) in [5.74, 6) is 1.35. The fourth-order valence-electron chi connectivity index (χ4n) is 4.37. The maximum absolute atomic E-state index is 13.8. The van der Waals surface area contributed by atoms with E-state index in [4.69, 9.17) is 16.3 Å². The van der Waals surface area contributed by atoms with Gasteiger partial charge in [0.15, 0.2) is 5.82 Å². The number of carbonyl (C=O) groups excluding carboxylic acids is 1. The van der Waals surface area contributed by atoms with Crippen LogP contribution in [-0.2, 0) is 0 Å². The third-order valence-electron chi connectivity index (χ3n) is 6.05. The van der Waals surface area contributed by atoms with E-state index < -0.39 is 0 Å². The van der Waals surface area contributed by atoms with Crippen LogP contribution >= 0.6 is 11.6 Å². The van der Waals surface area contributed by atoms with Gasteiger partial charge in [0.05, 0.1) is 28.3 Å². The van der Waals surface area contributed by atoms with Gasteiger partial charge in [0.2, 0.25) is 5.88 Å². The van der Waals surface area contributed by atoms with E-state index in [1.165, 1.54) is 6.20 Å². The summed E-state index contributed by atoms with van der Waals surface area (Å²) in [5.41, 5.74) is 1.49. The number of pyridine rings is 1. The highest BCUT2D eigenvalue weighted by Gasteiger charge is 2.50. The van der Waals surface area contributed by atoms with Crippen molar-refractivity contribution < 1.29 is 9.53 Å². The molecule has 1 aliphatic carbocycles. The Labute approximate surface area is 190 Å². The number of amides is 1. The van der Waals surface area contributed by atoms with E-state index in [-0.39, 0.29) is 18.0 Å². The van der Waals surface area contributed by atoms with Crippen molar-refractivity contribution in [2.24, 2.45) is 5.92 Å². The normalized spacial score (nSPS) is 21.4. The number of hydrogen-bond donors (Lipinski definition) is 0. The molecule has 2 aromatic heterocycles. The summed E-state index contributed by atoms with van der Waals surface area (Å²) in [5, 5.41) is 9.96. The molecule has 1 amide bonds. The first-order chi connectivity index (χ1) is 15.6. The van der Waals surface area contributed by atoms with E-state index in [2.05, 4.69) is 21.0 Å². The Kier molecular flexibility index (Phi) is 5.46. The first-order valence-electron chi connectivity index (χ1n) is 10.5. The first-order valence-corrected chi connectivity index (χ1v) is 10.9. The van der Waals surface area contributed by atoms with Crippen LogP contribution in [0.4, 0.5) is 0 Å². The number of piperidine rings is 1. The second kappa shape index (κ2) is 8.56. The maximum atomic E-state index is 13.8. The molecule has 1 aliphatic heterocycles. The molecular formula is C24H20ClN5O2. The van der Waals surface area contributed by atoms with E-state index >= 15 is 0 Å². The van der Waals surface area contributed by atoms with Gasteiger partial charge >= 0.3 is 0 Å². The summed E-state index contributed by atoms with van der Waals surface area (Å²) < 4.78 is 5.90. The van der Waals surface area contributed by atoms with Gasteiger partial charge in [0, 0.05) is 36.3 Å². The summed E-state index contributed by atoms with van der Waals surface area (Å²) >= 11 is 5.90. The fourth-order valence-corrected chi connectivity index (χ4v) is 4.48. The zero-order valence-corrected chi connectivity index (χ0v) is 17.9. The van der Waals surface area contributed by atoms with Crippen molar-refractivity contribution in [3.8, 4) is 23.3 Å². The standard InChI is InChI=1S/C24H20ClN5O2/c25-17-4-7-22(29-13-17)32-14-18-5-3-16-11-21(16)30(18)24(31)20-10-15(12-26)2-6-19(20)23-27-8-1-9-28-23/h1-2,4,6-10,13,16,18,21H,3,5,11,14H2. The second-order valence-corrected chi connectivity index (χ2v) is 8.51. The molecule has 1 saturated heterocycles. The summed E-state index contributed by atoms with van der Waals surface area (Å²) in [6, 6.07) is 12.5. The second-order valence-electron chi connectivity index (χ2n) is 8.08. The Morgan fingerprint density at radius 3 is 2.78 bits per heavy atom. The molecule has 3 aromatic rings. The Balaban J connectivity index is 1.45. The molecule has 2 aliphatic rings. The Hall–Kier alpha value is -3.50. The summed E-state index contributed by atoms with van der Waals surface area (Å²) in [4.78, 5) is 28.6. The zero-order chi connectivity index (χ0) is 22.1. The monoisotopic (exact) mass is 445 g/mol. The van der Waals surface area contributed by atoms with Crippen LogP contribution in [0.2, 0.25) is 5.02 Å². The molecule has 1 aromatic carbocycles. The van der Waals surface area contributed by atoms with Gasteiger partial charge in [0.1, 0.15) is 6.61 Å². The molecule has 0 bridgehead atoms. The SMILES string of the molecule is N#Cc1ccc(-c2ncccn2)c(C(=O)N2C(COc3ccc(Cl)cn3)CCC3CC32)c1. The molecule has 0 spiro atoms. The van der Waals surface area contributed by atoms with Gasteiger partial charge in [0.25, 0.3) is 5.91 Å². The number of benzene rings is 1. The highest BCUT2D eigenvalue weighted by molar-refractivity contribution is 6.30. The molecule has 2 fully saturated rings. The van der Waals surface area contributed by atoms with Gasteiger partial charge < -0.3 is 9.64 Å². The van der Waals surface area contributed by atoms with E-state index in [0.717, 1.165) is 19.3 Å². The van der Waals surface area contributed by atoms with Crippen LogP contribution in [0.15, 0.2) is 55.0 Å². The Bertz CT molecular complexity index is 1180. The van der Waals surface area contributed by atoms with Crippen molar-refractivity contribution >= 4 is 17.5 Å². The quantitative estimate of drug-likeness (QED) is 0.586. The van der Waals surface area contributed by atoms with Crippen molar-refractivity contribution in [2.75, 3.05) is 6.61 Å². The van der Waals surface area contributed by atoms with Crippen LogP contribution in [0, 0.1) is 17.2 Å². The molecule has 7 nitrogen and oxygen atoms in total. The maximum Gasteiger partial charge on any atom is 0.255 e. The molecule has 3 atom stereocenters. The smallest absolute Gasteiger partial charge is 0.255 e. The molecule has 3 unspecified atom stereocenters. The lowest BCUT2D eigenvalue weighted by molar-refractivity contribution is 0.0495. The highest BCUT2D eigenvalue weighted by Crippen LogP contribution is 2.46. The molecule has 3 heterocycles. The van der Waals surface area contributed by atoms with Gasteiger partial charge in [-0.2, -0.15) is 5.26 Å². The third-order valence-corrected chi connectivity index (χ3v) is 6.27. The number of nitriles is 1. The molecule has 5 rings (SSSR count). The predicted molar refractivity (Wildman–Crippen MR) is 118 cm³/mol. The van der Waals surface area contributed by atoms with Gasteiger partial charge in [-0.3, -0.25) is 4.79 Å². The minimum atomic E-state index is -0.116. The third kappa shape index (κ3) is 4.02. The van der Waals surface area contributed by atoms with Gasteiger partial charge in [-0.1, -0.05) is 11.6 Å². The minimum absolute atomic E-state index is 0.0842.